The van der Waals surface area contributed by atoms with Gasteiger partial charge in [0, 0.05) is 31.8 Å². The predicted octanol–water partition coefficient (Wildman–Crippen LogP) is 3.24. The van der Waals surface area contributed by atoms with E-state index < -0.39 is 6.09 Å². The second-order valence-electron chi connectivity index (χ2n) is 6.10. The van der Waals surface area contributed by atoms with Gasteiger partial charge < -0.3 is 28.6 Å². The van der Waals surface area contributed by atoms with E-state index >= 15 is 0 Å². The minimum atomic E-state index is -0.499. The smallest absolute Gasteiger partial charge is 0.414 e. The van der Waals surface area contributed by atoms with Gasteiger partial charge in [-0.25, -0.2) is 4.79 Å². The molecule has 1 heterocycles. The average Bonchev–Trinajstić information content (AvgIpc) is 2.67. The van der Waals surface area contributed by atoms with E-state index in [1.807, 2.05) is 0 Å². The second-order valence-corrected chi connectivity index (χ2v) is 6.10. The number of carbonyl (C=O) groups excluding carboxylic acids is 1. The lowest BCUT2D eigenvalue weighted by Gasteiger charge is -2.13. The summed E-state index contributed by atoms with van der Waals surface area (Å²) in [6, 6.07) is 9.11. The van der Waals surface area contributed by atoms with Gasteiger partial charge in [-0.3, -0.25) is 4.79 Å². The van der Waals surface area contributed by atoms with Gasteiger partial charge in [0.25, 0.3) is 0 Å². The molecule has 1 amide bonds. The Morgan fingerprint density at radius 2 is 1.68 bits per heavy atom. The quantitative estimate of drug-likeness (QED) is 0.736. The summed E-state index contributed by atoms with van der Waals surface area (Å²) in [5.74, 6) is 0.591. The molecule has 2 aromatic carbocycles. The van der Waals surface area contributed by atoms with Crippen LogP contribution in [-0.2, 0) is 0 Å². The summed E-state index contributed by atoms with van der Waals surface area (Å²) in [6.07, 6.45) is -0.499. The standard InChI is InChI=1S/C20H19NO7/c1-21(2)20(24)27-12-7-5-11(6-8-12)15-9-13(22)17-16(28-15)10-14(23)18(25-3)19(17)26-4/h5-10,23H,1-4H3. The molecule has 28 heavy (non-hydrogen) atoms. The third kappa shape index (κ3) is 3.44. The zero-order chi connectivity index (χ0) is 20.4. The van der Waals surface area contributed by atoms with Crippen molar-refractivity contribution in [3.63, 3.8) is 0 Å². The van der Waals surface area contributed by atoms with E-state index in [1.54, 1.807) is 38.4 Å². The van der Waals surface area contributed by atoms with Crippen molar-refractivity contribution in [1.29, 1.82) is 0 Å². The Balaban J connectivity index is 2.05. The second kappa shape index (κ2) is 7.51. The topological polar surface area (TPSA) is 98.4 Å². The van der Waals surface area contributed by atoms with E-state index in [2.05, 4.69) is 0 Å². The molecule has 8 nitrogen and oxygen atoms in total. The monoisotopic (exact) mass is 385 g/mol. The SMILES string of the molecule is COc1c(O)cc2oc(-c3ccc(OC(=O)N(C)C)cc3)cc(=O)c2c1OC. The number of hydrogen-bond donors (Lipinski definition) is 1. The molecule has 0 saturated heterocycles. The van der Waals surface area contributed by atoms with Crippen LogP contribution in [0.4, 0.5) is 4.79 Å². The molecule has 1 N–H and O–H groups in total. The summed E-state index contributed by atoms with van der Waals surface area (Å²) >= 11 is 0. The van der Waals surface area contributed by atoms with Crippen molar-refractivity contribution in [3.8, 4) is 34.3 Å². The summed E-state index contributed by atoms with van der Waals surface area (Å²) in [5, 5.41) is 10.3. The molecule has 0 unspecified atom stereocenters. The highest BCUT2D eigenvalue weighted by Crippen LogP contribution is 2.42. The Morgan fingerprint density at radius 1 is 1.04 bits per heavy atom. The van der Waals surface area contributed by atoms with Crippen molar-refractivity contribution in [3.05, 3.63) is 46.6 Å². The van der Waals surface area contributed by atoms with Crippen molar-refractivity contribution < 1.29 is 28.5 Å². The number of nitrogens with zero attached hydrogens (tertiary/aromatic N) is 1. The summed E-state index contributed by atoms with van der Waals surface area (Å²) in [7, 11) is 5.90. The molecule has 0 spiro atoms. The maximum absolute atomic E-state index is 12.7. The van der Waals surface area contributed by atoms with Crippen molar-refractivity contribution in [1.82, 2.24) is 4.90 Å². The van der Waals surface area contributed by atoms with Crippen LogP contribution < -0.4 is 19.6 Å². The van der Waals surface area contributed by atoms with Gasteiger partial charge in [0.2, 0.25) is 5.75 Å². The number of benzene rings is 2. The van der Waals surface area contributed by atoms with Crippen LogP contribution in [0.3, 0.4) is 0 Å². The predicted molar refractivity (Wildman–Crippen MR) is 102 cm³/mol. The van der Waals surface area contributed by atoms with E-state index in [0.29, 0.717) is 11.3 Å². The van der Waals surface area contributed by atoms with Gasteiger partial charge >= 0.3 is 6.09 Å². The minimum absolute atomic E-state index is 0.0575. The number of fused-ring (bicyclic) bond motifs is 1. The molecule has 1 aromatic heterocycles. The van der Waals surface area contributed by atoms with Gasteiger partial charge in [0.05, 0.1) is 14.2 Å². The van der Waals surface area contributed by atoms with Crippen LogP contribution in [0.2, 0.25) is 0 Å². The number of carbonyl (C=O) groups is 1. The Kier molecular flexibility index (Phi) is 5.12. The highest BCUT2D eigenvalue weighted by Gasteiger charge is 2.20. The van der Waals surface area contributed by atoms with Gasteiger partial charge in [-0.2, -0.15) is 0 Å². The normalized spacial score (nSPS) is 10.6. The van der Waals surface area contributed by atoms with Crippen molar-refractivity contribution >= 4 is 17.1 Å². The summed E-state index contributed by atoms with van der Waals surface area (Å²) in [4.78, 5) is 25.6. The van der Waals surface area contributed by atoms with Crippen LogP contribution >= 0.6 is 0 Å². The highest BCUT2D eigenvalue weighted by atomic mass is 16.6. The van der Waals surface area contributed by atoms with Crippen LogP contribution in [0.15, 0.2) is 45.6 Å². The Hall–Kier alpha value is -3.68. The molecule has 0 aliphatic rings. The number of phenols is 1. The van der Waals surface area contributed by atoms with Crippen LogP contribution in [0, 0.1) is 0 Å². The summed E-state index contributed by atoms with van der Waals surface area (Å²) in [5.41, 5.74) is 0.396. The number of amides is 1. The fourth-order valence-electron chi connectivity index (χ4n) is 2.67. The van der Waals surface area contributed by atoms with Crippen LogP contribution in [0.5, 0.6) is 23.0 Å². The van der Waals surface area contributed by atoms with Gasteiger partial charge in [-0.15, -0.1) is 0 Å². The fraction of sp³-hybridized carbons (Fsp3) is 0.200. The van der Waals surface area contributed by atoms with Gasteiger partial charge in [-0.05, 0) is 24.3 Å². The third-order valence-corrected chi connectivity index (χ3v) is 4.03. The first-order chi connectivity index (χ1) is 13.3. The molecule has 146 valence electrons. The number of phenolic OH excluding ortho intramolecular Hbond substituents is 1. The van der Waals surface area contributed by atoms with Gasteiger partial charge in [0.1, 0.15) is 22.5 Å². The van der Waals surface area contributed by atoms with Crippen LogP contribution in [-0.4, -0.2) is 44.4 Å². The van der Waals surface area contributed by atoms with Gasteiger partial charge in [-0.1, -0.05) is 0 Å². The Bertz CT molecular complexity index is 1080. The van der Waals surface area contributed by atoms with Crippen molar-refractivity contribution in [2.75, 3.05) is 28.3 Å². The van der Waals surface area contributed by atoms with Crippen molar-refractivity contribution in [2.24, 2.45) is 0 Å². The molecular formula is C20H19NO7. The lowest BCUT2D eigenvalue weighted by atomic mass is 10.1. The number of hydrogen-bond acceptors (Lipinski definition) is 7. The minimum Gasteiger partial charge on any atom is -0.504 e. The molecule has 8 heteroatoms. The zero-order valence-corrected chi connectivity index (χ0v) is 15.8. The van der Waals surface area contributed by atoms with E-state index in [-0.39, 0.29) is 39.4 Å². The van der Waals surface area contributed by atoms with Gasteiger partial charge in [0.15, 0.2) is 16.9 Å². The molecule has 0 radical (unpaired) electrons. The van der Waals surface area contributed by atoms with E-state index in [9.17, 15) is 14.7 Å². The number of aromatic hydroxyl groups is 1. The van der Waals surface area contributed by atoms with Crippen molar-refractivity contribution in [2.45, 2.75) is 0 Å². The summed E-state index contributed by atoms with van der Waals surface area (Å²) in [6.45, 7) is 0. The third-order valence-electron chi connectivity index (χ3n) is 4.03. The Labute approximate surface area is 160 Å². The van der Waals surface area contributed by atoms with E-state index in [4.69, 9.17) is 18.6 Å². The number of ether oxygens (including phenoxy) is 3. The molecule has 3 aromatic rings. The number of rotatable bonds is 4. The first-order valence-corrected chi connectivity index (χ1v) is 8.27. The first kappa shape index (κ1) is 19.1. The lowest BCUT2D eigenvalue weighted by molar-refractivity contribution is 0.172. The fourth-order valence-corrected chi connectivity index (χ4v) is 2.67. The lowest BCUT2D eigenvalue weighted by Crippen LogP contribution is -2.25. The highest BCUT2D eigenvalue weighted by molar-refractivity contribution is 5.90. The largest absolute Gasteiger partial charge is 0.504 e. The average molecular weight is 385 g/mol. The molecule has 0 saturated carbocycles. The first-order valence-electron chi connectivity index (χ1n) is 8.27. The number of methoxy groups -OCH3 is 2. The molecule has 0 bridgehead atoms. The molecular weight excluding hydrogens is 366 g/mol. The maximum atomic E-state index is 12.7. The maximum Gasteiger partial charge on any atom is 0.414 e. The molecule has 0 aliphatic heterocycles. The molecule has 0 fully saturated rings. The zero-order valence-electron chi connectivity index (χ0n) is 15.8. The molecule has 0 aliphatic carbocycles. The van der Waals surface area contributed by atoms with E-state index in [1.165, 1.54) is 31.3 Å². The van der Waals surface area contributed by atoms with Crippen LogP contribution in [0.25, 0.3) is 22.3 Å². The summed E-state index contributed by atoms with van der Waals surface area (Å²) < 4.78 is 21.3. The van der Waals surface area contributed by atoms with E-state index in [0.717, 1.165) is 0 Å². The van der Waals surface area contributed by atoms with Crippen LogP contribution in [0.1, 0.15) is 0 Å². The molecule has 0 atom stereocenters. The Morgan fingerprint density at radius 3 is 2.25 bits per heavy atom. The molecule has 3 rings (SSSR count).